The normalized spacial score (nSPS) is 17.0. The number of anilines is 1. The summed E-state index contributed by atoms with van der Waals surface area (Å²) in [6.07, 6.45) is 2.91. The van der Waals surface area contributed by atoms with E-state index in [4.69, 9.17) is 5.73 Å². The minimum absolute atomic E-state index is 0.0693. The lowest BCUT2D eigenvalue weighted by atomic mass is 9.75. The third-order valence-corrected chi connectivity index (χ3v) is 5.25. The van der Waals surface area contributed by atoms with Crippen LogP contribution in [0.1, 0.15) is 32.6 Å². The average molecular weight is 311 g/mol. The minimum atomic E-state index is -3.62. The second kappa shape index (κ2) is 6.13. The molecule has 0 atom stereocenters. The van der Waals surface area contributed by atoms with Crippen molar-refractivity contribution in [3.8, 4) is 0 Å². The summed E-state index contributed by atoms with van der Waals surface area (Å²) in [5, 5.41) is 2.66. The molecule has 0 heterocycles. The fraction of sp³-hybridized carbons (Fsp3) is 0.500. The molecular weight excluding hydrogens is 290 g/mol. The van der Waals surface area contributed by atoms with E-state index in [0.717, 1.165) is 19.3 Å². The van der Waals surface area contributed by atoms with Crippen LogP contribution in [0.15, 0.2) is 29.2 Å². The SMILES string of the molecule is CCNS(=O)(=O)c1ccccc1NC(=O)CC1(N)CCC1. The van der Waals surface area contributed by atoms with Gasteiger partial charge in [0.1, 0.15) is 4.90 Å². The van der Waals surface area contributed by atoms with Crippen molar-refractivity contribution >= 4 is 21.6 Å². The molecule has 4 N–H and O–H groups in total. The Balaban J connectivity index is 2.15. The first kappa shape index (κ1) is 15.9. The highest BCUT2D eigenvalue weighted by atomic mass is 32.2. The van der Waals surface area contributed by atoms with E-state index in [2.05, 4.69) is 10.0 Å². The molecule has 0 aliphatic heterocycles. The van der Waals surface area contributed by atoms with Gasteiger partial charge in [0.2, 0.25) is 15.9 Å². The topological polar surface area (TPSA) is 101 Å². The number of carbonyl (C=O) groups excluding carboxylic acids is 1. The summed E-state index contributed by atoms with van der Waals surface area (Å²) < 4.78 is 26.6. The van der Waals surface area contributed by atoms with Crippen LogP contribution in [0.5, 0.6) is 0 Å². The highest BCUT2D eigenvalue weighted by molar-refractivity contribution is 7.89. The van der Waals surface area contributed by atoms with E-state index >= 15 is 0 Å². The Morgan fingerprint density at radius 3 is 2.57 bits per heavy atom. The number of amides is 1. The lowest BCUT2D eigenvalue weighted by Crippen LogP contribution is -2.49. The molecule has 1 aromatic carbocycles. The van der Waals surface area contributed by atoms with E-state index in [1.54, 1.807) is 25.1 Å². The molecule has 6 nitrogen and oxygen atoms in total. The van der Waals surface area contributed by atoms with Gasteiger partial charge in [-0.25, -0.2) is 13.1 Å². The standard InChI is InChI=1S/C14H21N3O3S/c1-2-16-21(19,20)12-7-4-3-6-11(12)17-13(18)10-14(15)8-5-9-14/h3-4,6-7,16H,2,5,8-10,15H2,1H3,(H,17,18). The lowest BCUT2D eigenvalue weighted by Gasteiger charge is -2.37. The highest BCUT2D eigenvalue weighted by Crippen LogP contribution is 2.32. The second-order valence-corrected chi connectivity index (χ2v) is 7.17. The van der Waals surface area contributed by atoms with Crippen molar-refractivity contribution < 1.29 is 13.2 Å². The predicted molar refractivity (Wildman–Crippen MR) is 81.3 cm³/mol. The number of para-hydroxylation sites is 1. The third-order valence-electron chi connectivity index (χ3n) is 3.65. The fourth-order valence-corrected chi connectivity index (χ4v) is 3.60. The van der Waals surface area contributed by atoms with Crippen LogP contribution in [0.25, 0.3) is 0 Å². The van der Waals surface area contributed by atoms with Crippen molar-refractivity contribution in [2.75, 3.05) is 11.9 Å². The first-order valence-electron chi connectivity index (χ1n) is 7.04. The number of hydrogen-bond donors (Lipinski definition) is 3. The molecule has 1 saturated carbocycles. The summed E-state index contributed by atoms with van der Waals surface area (Å²) in [6.45, 7) is 1.99. The van der Waals surface area contributed by atoms with Gasteiger partial charge in [-0.15, -0.1) is 0 Å². The van der Waals surface area contributed by atoms with Crippen molar-refractivity contribution in [1.82, 2.24) is 4.72 Å². The molecule has 0 radical (unpaired) electrons. The number of nitrogens with one attached hydrogen (secondary N) is 2. The number of rotatable bonds is 6. The molecule has 116 valence electrons. The summed E-state index contributed by atoms with van der Waals surface area (Å²) in [4.78, 5) is 12.1. The van der Waals surface area contributed by atoms with E-state index in [-0.39, 0.29) is 29.5 Å². The third kappa shape index (κ3) is 3.81. The highest BCUT2D eigenvalue weighted by Gasteiger charge is 2.34. The molecule has 1 aliphatic carbocycles. The monoisotopic (exact) mass is 311 g/mol. The number of sulfonamides is 1. The van der Waals surface area contributed by atoms with Crippen molar-refractivity contribution in [3.05, 3.63) is 24.3 Å². The van der Waals surface area contributed by atoms with Crippen LogP contribution >= 0.6 is 0 Å². The van der Waals surface area contributed by atoms with Gasteiger partial charge in [0.25, 0.3) is 0 Å². The van der Waals surface area contributed by atoms with E-state index in [0.29, 0.717) is 0 Å². The Morgan fingerprint density at radius 1 is 1.33 bits per heavy atom. The van der Waals surface area contributed by atoms with Gasteiger partial charge in [-0.1, -0.05) is 19.1 Å². The fourth-order valence-electron chi connectivity index (χ4n) is 2.39. The number of benzene rings is 1. The summed E-state index contributed by atoms with van der Waals surface area (Å²) in [5.74, 6) is -0.253. The van der Waals surface area contributed by atoms with Crippen LogP contribution in [0.2, 0.25) is 0 Å². The molecule has 0 spiro atoms. The summed E-state index contributed by atoms with van der Waals surface area (Å²) >= 11 is 0. The van der Waals surface area contributed by atoms with Crippen LogP contribution in [0, 0.1) is 0 Å². The molecule has 7 heteroatoms. The van der Waals surface area contributed by atoms with Gasteiger partial charge >= 0.3 is 0 Å². The van der Waals surface area contributed by atoms with Crippen molar-refractivity contribution in [2.45, 2.75) is 43.0 Å². The number of nitrogens with two attached hydrogens (primary N) is 1. The van der Waals surface area contributed by atoms with Crippen LogP contribution in [-0.4, -0.2) is 26.4 Å². The van der Waals surface area contributed by atoms with Crippen LogP contribution in [-0.2, 0) is 14.8 Å². The molecule has 1 aliphatic rings. The van der Waals surface area contributed by atoms with Gasteiger partial charge in [-0.05, 0) is 31.4 Å². The van der Waals surface area contributed by atoms with Gasteiger partial charge in [-0.3, -0.25) is 4.79 Å². The van der Waals surface area contributed by atoms with Gasteiger partial charge in [0, 0.05) is 18.5 Å². The Labute approximate surface area is 125 Å². The number of carbonyl (C=O) groups is 1. The van der Waals surface area contributed by atoms with Crippen LogP contribution in [0.4, 0.5) is 5.69 Å². The molecule has 0 bridgehead atoms. The average Bonchev–Trinajstić information content (AvgIpc) is 2.37. The molecular formula is C14H21N3O3S. The zero-order valence-electron chi connectivity index (χ0n) is 12.1. The maximum atomic E-state index is 12.1. The van der Waals surface area contributed by atoms with Crippen LogP contribution in [0.3, 0.4) is 0 Å². The largest absolute Gasteiger partial charge is 0.325 e. The van der Waals surface area contributed by atoms with Gasteiger partial charge in [0.05, 0.1) is 5.69 Å². The smallest absolute Gasteiger partial charge is 0.242 e. The summed E-state index contributed by atoms with van der Waals surface area (Å²) in [5.41, 5.74) is 5.89. The maximum absolute atomic E-state index is 12.1. The lowest BCUT2D eigenvalue weighted by molar-refractivity contribution is -0.118. The Morgan fingerprint density at radius 2 is 2.00 bits per heavy atom. The first-order chi connectivity index (χ1) is 9.86. The molecule has 1 amide bonds. The predicted octanol–water partition coefficient (Wildman–Crippen LogP) is 1.19. The second-order valence-electron chi connectivity index (χ2n) is 5.44. The van der Waals surface area contributed by atoms with E-state index in [1.807, 2.05) is 0 Å². The van der Waals surface area contributed by atoms with E-state index in [1.165, 1.54) is 6.07 Å². The molecule has 0 unspecified atom stereocenters. The quantitative estimate of drug-likeness (QED) is 0.734. The first-order valence-corrected chi connectivity index (χ1v) is 8.52. The van der Waals surface area contributed by atoms with Gasteiger partial charge in [0.15, 0.2) is 0 Å². The van der Waals surface area contributed by atoms with E-state index in [9.17, 15) is 13.2 Å². The van der Waals surface area contributed by atoms with Crippen molar-refractivity contribution in [1.29, 1.82) is 0 Å². The molecule has 21 heavy (non-hydrogen) atoms. The molecule has 1 aromatic rings. The molecule has 1 fully saturated rings. The summed E-state index contributed by atoms with van der Waals surface area (Å²) in [6, 6.07) is 6.35. The molecule has 0 aromatic heterocycles. The van der Waals surface area contributed by atoms with Gasteiger partial charge in [-0.2, -0.15) is 0 Å². The minimum Gasteiger partial charge on any atom is -0.325 e. The molecule has 0 saturated heterocycles. The van der Waals surface area contributed by atoms with Crippen LogP contribution < -0.4 is 15.8 Å². The maximum Gasteiger partial charge on any atom is 0.242 e. The summed E-state index contributed by atoms with van der Waals surface area (Å²) in [7, 11) is -3.62. The van der Waals surface area contributed by atoms with Crippen molar-refractivity contribution in [2.24, 2.45) is 5.73 Å². The zero-order valence-corrected chi connectivity index (χ0v) is 12.9. The zero-order chi connectivity index (χ0) is 15.5. The Hall–Kier alpha value is -1.44. The van der Waals surface area contributed by atoms with Gasteiger partial charge < -0.3 is 11.1 Å². The van der Waals surface area contributed by atoms with E-state index < -0.39 is 15.6 Å². The number of hydrogen-bond acceptors (Lipinski definition) is 4. The Kier molecular flexibility index (Phi) is 4.65. The Bertz CT molecular complexity index is 624. The molecule has 2 rings (SSSR count). The van der Waals surface area contributed by atoms with Crippen molar-refractivity contribution in [3.63, 3.8) is 0 Å².